The monoisotopic (exact) mass is 313 g/mol. The zero-order valence-corrected chi connectivity index (χ0v) is 12.4. The molecule has 0 radical (unpaired) electrons. The van der Waals surface area contributed by atoms with Gasteiger partial charge in [0.25, 0.3) is 5.91 Å². The van der Waals surface area contributed by atoms with Gasteiger partial charge in [-0.2, -0.15) is 0 Å². The Hall–Kier alpha value is -2.28. The lowest BCUT2D eigenvalue weighted by Gasteiger charge is -2.16. The van der Waals surface area contributed by atoms with Crippen LogP contribution in [0.2, 0.25) is 5.02 Å². The summed E-state index contributed by atoms with van der Waals surface area (Å²) in [6, 6.07) is 4.32. The molecule has 7 nitrogen and oxygen atoms in total. The van der Waals surface area contributed by atoms with E-state index in [0.29, 0.717) is 5.02 Å². The highest BCUT2D eigenvalue weighted by Gasteiger charge is 2.16. The van der Waals surface area contributed by atoms with Crippen molar-refractivity contribution in [2.75, 3.05) is 33.0 Å². The first-order valence-electron chi connectivity index (χ1n) is 6.02. The van der Waals surface area contributed by atoms with Crippen molar-refractivity contribution in [3.05, 3.63) is 28.8 Å². The number of nitrogens with two attached hydrogens (primary N) is 1. The van der Waals surface area contributed by atoms with Gasteiger partial charge in [0.15, 0.2) is 6.61 Å². The minimum Gasteiger partial charge on any atom is -0.452 e. The molecule has 1 rings (SSSR count). The second-order valence-electron chi connectivity index (χ2n) is 4.23. The number of benzene rings is 1. The summed E-state index contributed by atoms with van der Waals surface area (Å²) in [5.41, 5.74) is 5.93. The quantitative estimate of drug-likeness (QED) is 0.600. The molecule has 2 amide bonds. The van der Waals surface area contributed by atoms with Gasteiger partial charge in [-0.1, -0.05) is 11.6 Å². The summed E-state index contributed by atoms with van der Waals surface area (Å²) in [5, 5.41) is 2.78. The molecule has 0 spiro atoms. The number of carbonyl (C=O) groups is 3. The topological polar surface area (TPSA) is 102 Å². The summed E-state index contributed by atoms with van der Waals surface area (Å²) in [7, 11) is 2.89. The predicted molar refractivity (Wildman–Crippen MR) is 77.9 cm³/mol. The van der Waals surface area contributed by atoms with Crippen LogP contribution >= 0.6 is 11.6 Å². The lowest BCUT2D eigenvalue weighted by molar-refractivity contribution is -0.137. The Morgan fingerprint density at radius 1 is 1.38 bits per heavy atom. The number of carbonyl (C=O) groups excluding carboxylic acids is 3. The van der Waals surface area contributed by atoms with Gasteiger partial charge in [-0.05, 0) is 18.2 Å². The van der Waals surface area contributed by atoms with E-state index >= 15 is 0 Å². The standard InChI is InChI=1S/C13H16ClN3O4/c1-16-11(18)6-17(2)12(19)7-21-13(20)9-4-3-8(14)5-10(9)15/h3-5H,6-7,15H2,1-2H3,(H,16,18). The molecule has 0 bridgehead atoms. The van der Waals surface area contributed by atoms with Crippen molar-refractivity contribution in [1.82, 2.24) is 10.2 Å². The number of rotatable bonds is 5. The second-order valence-corrected chi connectivity index (χ2v) is 4.67. The number of halogens is 1. The van der Waals surface area contributed by atoms with Gasteiger partial charge >= 0.3 is 5.97 Å². The van der Waals surface area contributed by atoms with E-state index in [2.05, 4.69) is 5.32 Å². The van der Waals surface area contributed by atoms with Gasteiger partial charge in [0.1, 0.15) is 0 Å². The fraction of sp³-hybridized carbons (Fsp3) is 0.308. The Kier molecular flexibility index (Phi) is 5.98. The van der Waals surface area contributed by atoms with Crippen LogP contribution in [0.3, 0.4) is 0 Å². The molecule has 21 heavy (non-hydrogen) atoms. The number of nitrogen functional groups attached to an aromatic ring is 1. The van der Waals surface area contributed by atoms with Crippen molar-refractivity contribution in [3.63, 3.8) is 0 Å². The third-order valence-corrected chi connectivity index (χ3v) is 2.88. The summed E-state index contributed by atoms with van der Waals surface area (Å²) in [6.45, 7) is -0.593. The average Bonchev–Trinajstić information content (AvgIpc) is 2.43. The van der Waals surface area contributed by atoms with E-state index in [4.69, 9.17) is 22.1 Å². The highest BCUT2D eigenvalue weighted by molar-refractivity contribution is 6.31. The molecular formula is C13H16ClN3O4. The van der Waals surface area contributed by atoms with Gasteiger partial charge in [-0.3, -0.25) is 9.59 Å². The number of hydrogen-bond acceptors (Lipinski definition) is 5. The number of ether oxygens (including phenoxy) is 1. The van der Waals surface area contributed by atoms with Crippen molar-refractivity contribution in [2.45, 2.75) is 0 Å². The molecule has 0 aliphatic heterocycles. The molecule has 0 heterocycles. The molecule has 8 heteroatoms. The van der Waals surface area contributed by atoms with Crippen LogP contribution in [-0.4, -0.2) is 49.9 Å². The summed E-state index contributed by atoms with van der Waals surface area (Å²) in [6.07, 6.45) is 0. The number of nitrogens with zero attached hydrogens (tertiary/aromatic N) is 1. The van der Waals surface area contributed by atoms with Gasteiger partial charge in [0.2, 0.25) is 5.91 Å². The number of anilines is 1. The third kappa shape index (κ3) is 4.96. The zero-order chi connectivity index (χ0) is 16.0. The van der Waals surface area contributed by atoms with E-state index in [1.807, 2.05) is 0 Å². The first-order valence-corrected chi connectivity index (χ1v) is 6.39. The van der Waals surface area contributed by atoms with Crippen LogP contribution < -0.4 is 11.1 Å². The maximum absolute atomic E-state index is 11.8. The van der Waals surface area contributed by atoms with Crippen LogP contribution in [0.1, 0.15) is 10.4 Å². The molecule has 0 fully saturated rings. The van der Waals surface area contributed by atoms with E-state index in [-0.39, 0.29) is 23.7 Å². The fourth-order valence-corrected chi connectivity index (χ4v) is 1.60. The Morgan fingerprint density at radius 3 is 2.62 bits per heavy atom. The van der Waals surface area contributed by atoms with E-state index in [1.165, 1.54) is 32.3 Å². The number of esters is 1. The maximum atomic E-state index is 11.8. The summed E-state index contributed by atoms with van der Waals surface area (Å²) in [5.74, 6) is -1.55. The third-order valence-electron chi connectivity index (χ3n) is 2.65. The zero-order valence-electron chi connectivity index (χ0n) is 11.7. The Balaban J connectivity index is 2.56. The molecule has 114 valence electrons. The van der Waals surface area contributed by atoms with E-state index in [1.54, 1.807) is 0 Å². The summed E-state index contributed by atoms with van der Waals surface area (Å²) >= 11 is 5.72. The summed E-state index contributed by atoms with van der Waals surface area (Å²) in [4.78, 5) is 35.7. The van der Waals surface area contributed by atoms with Crippen LogP contribution in [0.15, 0.2) is 18.2 Å². The predicted octanol–water partition coefficient (Wildman–Crippen LogP) is 0.283. The van der Waals surface area contributed by atoms with Gasteiger partial charge in [-0.25, -0.2) is 4.79 Å². The molecule has 0 aliphatic rings. The fourth-order valence-electron chi connectivity index (χ4n) is 1.42. The first kappa shape index (κ1) is 16.8. The minimum atomic E-state index is -0.731. The van der Waals surface area contributed by atoms with Crippen molar-refractivity contribution < 1.29 is 19.1 Å². The normalized spacial score (nSPS) is 9.86. The Bertz CT molecular complexity index is 562. The molecule has 0 atom stereocenters. The number of amides is 2. The van der Waals surface area contributed by atoms with Gasteiger partial charge in [0.05, 0.1) is 12.1 Å². The molecule has 3 N–H and O–H groups in total. The van der Waals surface area contributed by atoms with Crippen LogP contribution in [0.25, 0.3) is 0 Å². The lowest BCUT2D eigenvalue weighted by Crippen LogP contribution is -2.39. The van der Waals surface area contributed by atoms with Crippen LogP contribution in [-0.2, 0) is 14.3 Å². The van der Waals surface area contributed by atoms with Crippen molar-refractivity contribution in [2.24, 2.45) is 0 Å². The van der Waals surface area contributed by atoms with Gasteiger partial charge < -0.3 is 20.7 Å². The molecule has 1 aromatic carbocycles. The Labute approximate surface area is 127 Å². The lowest BCUT2D eigenvalue weighted by atomic mass is 10.2. The maximum Gasteiger partial charge on any atom is 0.340 e. The average molecular weight is 314 g/mol. The largest absolute Gasteiger partial charge is 0.452 e. The highest BCUT2D eigenvalue weighted by Crippen LogP contribution is 2.18. The SMILES string of the molecule is CNC(=O)CN(C)C(=O)COC(=O)c1ccc(Cl)cc1N. The van der Waals surface area contributed by atoms with Crippen LogP contribution in [0, 0.1) is 0 Å². The molecule has 0 aromatic heterocycles. The number of hydrogen-bond donors (Lipinski definition) is 2. The van der Waals surface area contributed by atoms with E-state index in [9.17, 15) is 14.4 Å². The molecule has 0 saturated carbocycles. The molecular weight excluding hydrogens is 298 g/mol. The Morgan fingerprint density at radius 2 is 2.05 bits per heavy atom. The smallest absolute Gasteiger partial charge is 0.340 e. The molecule has 0 unspecified atom stereocenters. The van der Waals surface area contributed by atoms with Crippen molar-refractivity contribution in [1.29, 1.82) is 0 Å². The first-order chi connectivity index (χ1) is 9.85. The molecule has 0 aliphatic carbocycles. The van der Waals surface area contributed by atoms with Crippen molar-refractivity contribution in [3.8, 4) is 0 Å². The highest BCUT2D eigenvalue weighted by atomic mass is 35.5. The summed E-state index contributed by atoms with van der Waals surface area (Å²) < 4.78 is 4.86. The van der Waals surface area contributed by atoms with E-state index in [0.717, 1.165) is 4.90 Å². The van der Waals surface area contributed by atoms with Crippen molar-refractivity contribution >= 4 is 35.1 Å². The molecule has 0 saturated heterocycles. The molecule has 1 aromatic rings. The minimum absolute atomic E-state index is 0.115. The van der Waals surface area contributed by atoms with Gasteiger partial charge in [-0.15, -0.1) is 0 Å². The second kappa shape index (κ2) is 7.49. The van der Waals surface area contributed by atoms with Crippen LogP contribution in [0.5, 0.6) is 0 Å². The van der Waals surface area contributed by atoms with E-state index < -0.39 is 18.5 Å². The number of likely N-dealkylation sites (N-methyl/N-ethyl adjacent to an activating group) is 2. The van der Waals surface area contributed by atoms with Crippen LogP contribution in [0.4, 0.5) is 5.69 Å². The number of nitrogens with one attached hydrogen (secondary N) is 1. The van der Waals surface area contributed by atoms with Gasteiger partial charge in [0, 0.05) is 24.8 Å².